The van der Waals surface area contributed by atoms with Crippen molar-refractivity contribution >= 4 is 0 Å². The standard InChI is InChI=1S/C11H25NO2/c1-4-11(5-2,10-14)9-12(6-3)7-8-13/h13-14H,4-10H2,1-3H3. The van der Waals surface area contributed by atoms with E-state index in [0.29, 0.717) is 6.54 Å². The molecule has 0 aromatic heterocycles. The molecule has 3 nitrogen and oxygen atoms in total. The molecule has 0 aromatic carbocycles. The summed E-state index contributed by atoms with van der Waals surface area (Å²) in [7, 11) is 0. The van der Waals surface area contributed by atoms with Gasteiger partial charge >= 0.3 is 0 Å². The van der Waals surface area contributed by atoms with Crippen LogP contribution < -0.4 is 0 Å². The molecule has 0 aliphatic carbocycles. The number of aliphatic hydroxyl groups is 2. The van der Waals surface area contributed by atoms with Crippen LogP contribution in [0.3, 0.4) is 0 Å². The van der Waals surface area contributed by atoms with Gasteiger partial charge in [0, 0.05) is 25.1 Å². The molecular formula is C11H25NO2. The van der Waals surface area contributed by atoms with Gasteiger partial charge < -0.3 is 15.1 Å². The van der Waals surface area contributed by atoms with Gasteiger partial charge in [-0.3, -0.25) is 0 Å². The number of likely N-dealkylation sites (N-methyl/N-ethyl adjacent to an activating group) is 1. The van der Waals surface area contributed by atoms with E-state index in [-0.39, 0.29) is 18.6 Å². The van der Waals surface area contributed by atoms with Crippen molar-refractivity contribution in [3.05, 3.63) is 0 Å². The molecule has 0 unspecified atom stereocenters. The molecule has 14 heavy (non-hydrogen) atoms. The topological polar surface area (TPSA) is 43.7 Å². The van der Waals surface area contributed by atoms with Gasteiger partial charge in [-0.05, 0) is 19.4 Å². The van der Waals surface area contributed by atoms with Crippen LogP contribution in [0.2, 0.25) is 0 Å². The molecule has 0 spiro atoms. The van der Waals surface area contributed by atoms with E-state index < -0.39 is 0 Å². The highest BCUT2D eigenvalue weighted by Gasteiger charge is 2.27. The van der Waals surface area contributed by atoms with Crippen LogP contribution in [0.15, 0.2) is 0 Å². The Bertz CT molecular complexity index is 127. The number of aliphatic hydroxyl groups excluding tert-OH is 2. The normalized spacial score (nSPS) is 12.4. The molecule has 3 heteroatoms. The number of hydrogen-bond donors (Lipinski definition) is 2. The summed E-state index contributed by atoms with van der Waals surface area (Å²) in [5.41, 5.74) is 0.0190. The van der Waals surface area contributed by atoms with Crippen molar-refractivity contribution in [2.75, 3.05) is 32.8 Å². The van der Waals surface area contributed by atoms with Crippen LogP contribution in [-0.4, -0.2) is 48.0 Å². The maximum absolute atomic E-state index is 9.40. The van der Waals surface area contributed by atoms with Gasteiger partial charge in [-0.2, -0.15) is 0 Å². The van der Waals surface area contributed by atoms with Gasteiger partial charge in [0.1, 0.15) is 0 Å². The molecule has 0 rings (SSSR count). The molecule has 0 aliphatic rings. The predicted molar refractivity (Wildman–Crippen MR) is 59.3 cm³/mol. The third-order valence-electron chi connectivity index (χ3n) is 3.26. The number of hydrogen-bond acceptors (Lipinski definition) is 3. The molecule has 0 fully saturated rings. The van der Waals surface area contributed by atoms with E-state index in [9.17, 15) is 5.11 Å². The average Bonchev–Trinajstić information content (AvgIpc) is 2.25. The molecule has 0 saturated heterocycles. The molecule has 0 aromatic rings. The summed E-state index contributed by atoms with van der Waals surface area (Å²) in [4.78, 5) is 2.20. The second-order valence-corrected chi connectivity index (χ2v) is 3.96. The van der Waals surface area contributed by atoms with E-state index in [1.165, 1.54) is 0 Å². The van der Waals surface area contributed by atoms with Crippen LogP contribution >= 0.6 is 0 Å². The lowest BCUT2D eigenvalue weighted by atomic mass is 9.82. The van der Waals surface area contributed by atoms with Crippen molar-refractivity contribution in [2.24, 2.45) is 5.41 Å². The van der Waals surface area contributed by atoms with Crippen molar-refractivity contribution in [3.8, 4) is 0 Å². The van der Waals surface area contributed by atoms with Crippen molar-refractivity contribution in [1.82, 2.24) is 4.90 Å². The summed E-state index contributed by atoms with van der Waals surface area (Å²) in [5.74, 6) is 0. The summed E-state index contributed by atoms with van der Waals surface area (Å²) in [6.45, 7) is 9.28. The highest BCUT2D eigenvalue weighted by atomic mass is 16.3. The van der Waals surface area contributed by atoms with Gasteiger partial charge in [0.15, 0.2) is 0 Å². The summed E-state index contributed by atoms with van der Waals surface area (Å²) >= 11 is 0. The van der Waals surface area contributed by atoms with Gasteiger partial charge in [-0.1, -0.05) is 20.8 Å². The molecule has 86 valence electrons. The third kappa shape index (κ3) is 3.95. The zero-order valence-electron chi connectivity index (χ0n) is 9.79. The lowest BCUT2D eigenvalue weighted by Gasteiger charge is -2.35. The van der Waals surface area contributed by atoms with Crippen molar-refractivity contribution in [3.63, 3.8) is 0 Å². The molecule has 0 atom stereocenters. The Labute approximate surface area is 87.7 Å². The number of rotatable bonds is 8. The highest BCUT2D eigenvalue weighted by molar-refractivity contribution is 4.79. The predicted octanol–water partition coefficient (Wildman–Crippen LogP) is 1.10. The Morgan fingerprint density at radius 3 is 1.93 bits per heavy atom. The maximum atomic E-state index is 9.40. The molecule has 0 radical (unpaired) electrons. The highest BCUT2D eigenvalue weighted by Crippen LogP contribution is 2.26. The van der Waals surface area contributed by atoms with E-state index in [2.05, 4.69) is 25.7 Å². The summed E-state index contributed by atoms with van der Waals surface area (Å²) < 4.78 is 0. The quantitative estimate of drug-likeness (QED) is 0.621. The summed E-state index contributed by atoms with van der Waals surface area (Å²) in [6, 6.07) is 0. The first-order valence-electron chi connectivity index (χ1n) is 5.62. The lowest BCUT2D eigenvalue weighted by Crippen LogP contribution is -2.40. The molecule has 0 aliphatic heterocycles. The maximum Gasteiger partial charge on any atom is 0.0558 e. The van der Waals surface area contributed by atoms with E-state index >= 15 is 0 Å². The zero-order valence-corrected chi connectivity index (χ0v) is 9.79. The Morgan fingerprint density at radius 1 is 1.07 bits per heavy atom. The fourth-order valence-electron chi connectivity index (χ4n) is 1.71. The second kappa shape index (κ2) is 7.21. The average molecular weight is 203 g/mol. The van der Waals surface area contributed by atoms with Crippen molar-refractivity contribution in [1.29, 1.82) is 0 Å². The minimum atomic E-state index is 0.0190. The van der Waals surface area contributed by atoms with Crippen LogP contribution in [0, 0.1) is 5.41 Å². The Morgan fingerprint density at radius 2 is 1.64 bits per heavy atom. The fraction of sp³-hybridized carbons (Fsp3) is 1.00. The van der Waals surface area contributed by atoms with Crippen molar-refractivity contribution in [2.45, 2.75) is 33.6 Å². The second-order valence-electron chi connectivity index (χ2n) is 3.96. The first-order valence-corrected chi connectivity index (χ1v) is 5.62. The molecule has 0 amide bonds. The van der Waals surface area contributed by atoms with Crippen LogP contribution in [0.1, 0.15) is 33.6 Å². The van der Waals surface area contributed by atoms with Gasteiger partial charge in [-0.15, -0.1) is 0 Å². The Balaban J connectivity index is 4.24. The Hall–Kier alpha value is -0.120. The Kier molecular flexibility index (Phi) is 7.15. The van der Waals surface area contributed by atoms with E-state index in [0.717, 1.165) is 25.9 Å². The molecule has 0 bridgehead atoms. The minimum absolute atomic E-state index is 0.0190. The molecule has 0 saturated carbocycles. The lowest BCUT2D eigenvalue weighted by molar-refractivity contribution is 0.0604. The van der Waals surface area contributed by atoms with Crippen LogP contribution in [-0.2, 0) is 0 Å². The largest absolute Gasteiger partial charge is 0.396 e. The first kappa shape index (κ1) is 13.9. The molecule has 0 heterocycles. The summed E-state index contributed by atoms with van der Waals surface area (Å²) in [6.07, 6.45) is 1.98. The van der Waals surface area contributed by atoms with E-state index in [1.807, 2.05) is 0 Å². The fourth-order valence-corrected chi connectivity index (χ4v) is 1.71. The van der Waals surface area contributed by atoms with Crippen molar-refractivity contribution < 1.29 is 10.2 Å². The number of nitrogens with zero attached hydrogens (tertiary/aromatic N) is 1. The first-order chi connectivity index (χ1) is 6.67. The van der Waals surface area contributed by atoms with Gasteiger partial charge in [-0.25, -0.2) is 0 Å². The van der Waals surface area contributed by atoms with Crippen LogP contribution in [0.25, 0.3) is 0 Å². The molecule has 2 N–H and O–H groups in total. The molecular weight excluding hydrogens is 178 g/mol. The van der Waals surface area contributed by atoms with E-state index in [4.69, 9.17) is 5.11 Å². The third-order valence-corrected chi connectivity index (χ3v) is 3.26. The van der Waals surface area contributed by atoms with Gasteiger partial charge in [0.25, 0.3) is 0 Å². The smallest absolute Gasteiger partial charge is 0.0558 e. The van der Waals surface area contributed by atoms with E-state index in [1.54, 1.807) is 0 Å². The SMILES string of the molecule is CCN(CCO)CC(CC)(CC)CO. The minimum Gasteiger partial charge on any atom is -0.396 e. The summed E-state index contributed by atoms with van der Waals surface area (Å²) in [5, 5.41) is 18.3. The monoisotopic (exact) mass is 203 g/mol. The zero-order chi connectivity index (χ0) is 11.0. The van der Waals surface area contributed by atoms with Crippen LogP contribution in [0.5, 0.6) is 0 Å². The van der Waals surface area contributed by atoms with Crippen LogP contribution in [0.4, 0.5) is 0 Å². The van der Waals surface area contributed by atoms with Gasteiger partial charge in [0.05, 0.1) is 6.61 Å². The van der Waals surface area contributed by atoms with Gasteiger partial charge in [0.2, 0.25) is 0 Å².